The Balaban J connectivity index is 1.78. The number of sulfonamides is 1. The average molecular weight is 477 g/mol. The van der Waals surface area contributed by atoms with Crippen molar-refractivity contribution >= 4 is 21.6 Å². The zero-order valence-corrected chi connectivity index (χ0v) is 20.4. The fraction of sp³-hybridized carbons (Fsp3) is 0.545. The van der Waals surface area contributed by atoms with Crippen LogP contribution in [0.15, 0.2) is 29.3 Å². The lowest BCUT2D eigenvalue weighted by Crippen LogP contribution is -2.47. The number of aryl methyl sites for hydroxylation is 1. The maximum Gasteiger partial charge on any atom is 0.275 e. The van der Waals surface area contributed by atoms with Crippen molar-refractivity contribution in [1.29, 1.82) is 0 Å². The number of anilines is 1. The molecule has 11 heteroatoms. The van der Waals surface area contributed by atoms with Crippen molar-refractivity contribution in [2.75, 3.05) is 51.3 Å². The topological polar surface area (TPSA) is 100 Å². The standard InChI is InChI=1S/C22H32N6O4S/c1-5-9-28-18-15-26(4)24-20(18)22(29)23-21(28)17-14-16(7-8-19(17)32-6-2)33(30,31)27-12-10-25(3)11-13-27/h7-8,14-15,21H,5-6,9-13H2,1-4H3,(H,23,29). The molecule has 1 fully saturated rings. The fourth-order valence-electron chi connectivity index (χ4n) is 4.36. The van der Waals surface area contributed by atoms with Gasteiger partial charge in [-0.1, -0.05) is 6.92 Å². The number of hydrogen-bond acceptors (Lipinski definition) is 7. The van der Waals surface area contributed by atoms with E-state index in [0.29, 0.717) is 56.3 Å². The van der Waals surface area contributed by atoms with Crippen molar-refractivity contribution in [3.05, 3.63) is 35.7 Å². The number of aromatic nitrogens is 2. The summed E-state index contributed by atoms with van der Waals surface area (Å²) in [6.45, 7) is 7.29. The molecule has 1 N–H and O–H groups in total. The molecule has 2 aromatic rings. The van der Waals surface area contributed by atoms with E-state index in [1.165, 1.54) is 4.31 Å². The van der Waals surface area contributed by atoms with Crippen LogP contribution in [0, 0.1) is 0 Å². The Morgan fingerprint density at radius 3 is 2.55 bits per heavy atom. The van der Waals surface area contributed by atoms with Crippen molar-refractivity contribution in [3.63, 3.8) is 0 Å². The molecule has 3 heterocycles. The third-order valence-electron chi connectivity index (χ3n) is 6.05. The number of nitrogens with zero attached hydrogens (tertiary/aromatic N) is 5. The van der Waals surface area contributed by atoms with Crippen molar-refractivity contribution in [2.45, 2.75) is 31.3 Å². The van der Waals surface area contributed by atoms with Crippen molar-refractivity contribution in [1.82, 2.24) is 24.3 Å². The number of benzene rings is 1. The van der Waals surface area contributed by atoms with Gasteiger partial charge in [-0.3, -0.25) is 9.48 Å². The summed E-state index contributed by atoms with van der Waals surface area (Å²) in [6, 6.07) is 4.93. The average Bonchev–Trinajstić information content (AvgIpc) is 3.18. The molecule has 10 nitrogen and oxygen atoms in total. The summed E-state index contributed by atoms with van der Waals surface area (Å²) in [5, 5.41) is 7.32. The van der Waals surface area contributed by atoms with Gasteiger partial charge in [0.15, 0.2) is 5.69 Å². The van der Waals surface area contributed by atoms with Gasteiger partial charge in [0.2, 0.25) is 10.0 Å². The Bertz CT molecular complexity index is 1120. The summed E-state index contributed by atoms with van der Waals surface area (Å²) < 4.78 is 35.8. The van der Waals surface area contributed by atoms with E-state index in [0.717, 1.165) is 12.1 Å². The first-order chi connectivity index (χ1) is 15.8. The Hall–Kier alpha value is -2.63. The van der Waals surface area contributed by atoms with Crippen LogP contribution in [0.25, 0.3) is 0 Å². The zero-order valence-electron chi connectivity index (χ0n) is 19.6. The number of likely N-dealkylation sites (N-methyl/N-ethyl adjacent to an activating group) is 1. The van der Waals surface area contributed by atoms with Crippen molar-refractivity contribution in [2.24, 2.45) is 7.05 Å². The molecule has 33 heavy (non-hydrogen) atoms. The number of carbonyl (C=O) groups is 1. The number of nitrogens with one attached hydrogen (secondary N) is 1. The van der Waals surface area contributed by atoms with Crippen LogP contribution in [0.2, 0.25) is 0 Å². The van der Waals surface area contributed by atoms with Gasteiger partial charge in [-0.2, -0.15) is 9.40 Å². The summed E-state index contributed by atoms with van der Waals surface area (Å²) in [6.07, 6.45) is 2.09. The second-order valence-corrected chi connectivity index (χ2v) is 10.4. The van der Waals surface area contributed by atoms with Gasteiger partial charge in [0.1, 0.15) is 11.9 Å². The molecule has 1 saturated heterocycles. The maximum absolute atomic E-state index is 13.4. The summed E-state index contributed by atoms with van der Waals surface area (Å²) in [5.41, 5.74) is 1.70. The predicted molar refractivity (Wildman–Crippen MR) is 125 cm³/mol. The van der Waals surface area contributed by atoms with Gasteiger partial charge < -0.3 is 19.9 Å². The van der Waals surface area contributed by atoms with E-state index in [2.05, 4.69) is 22.2 Å². The second kappa shape index (κ2) is 9.32. The van der Waals surface area contributed by atoms with Gasteiger partial charge in [-0.05, 0) is 38.6 Å². The van der Waals surface area contributed by atoms with Gasteiger partial charge in [-0.25, -0.2) is 8.42 Å². The molecule has 1 amide bonds. The monoisotopic (exact) mass is 476 g/mol. The largest absolute Gasteiger partial charge is 0.493 e. The quantitative estimate of drug-likeness (QED) is 0.645. The smallest absolute Gasteiger partial charge is 0.275 e. The van der Waals surface area contributed by atoms with E-state index < -0.39 is 16.2 Å². The van der Waals surface area contributed by atoms with E-state index >= 15 is 0 Å². The fourth-order valence-corrected chi connectivity index (χ4v) is 5.82. The summed E-state index contributed by atoms with van der Waals surface area (Å²) >= 11 is 0. The Morgan fingerprint density at radius 2 is 1.88 bits per heavy atom. The van der Waals surface area contributed by atoms with Crippen molar-refractivity contribution < 1.29 is 17.9 Å². The van der Waals surface area contributed by atoms with Gasteiger partial charge >= 0.3 is 0 Å². The summed E-state index contributed by atoms with van der Waals surface area (Å²) in [4.78, 5) is 17.2. The molecule has 0 saturated carbocycles. The van der Waals surface area contributed by atoms with Crippen molar-refractivity contribution in [3.8, 4) is 5.75 Å². The number of rotatable bonds is 7. The maximum atomic E-state index is 13.4. The molecule has 1 atom stereocenters. The Labute approximate surface area is 195 Å². The third kappa shape index (κ3) is 4.44. The third-order valence-corrected chi connectivity index (χ3v) is 7.95. The minimum absolute atomic E-state index is 0.202. The number of piperazine rings is 1. The van der Waals surface area contributed by atoms with Gasteiger partial charge in [0.05, 0.1) is 17.2 Å². The molecule has 0 aliphatic carbocycles. The van der Waals surface area contributed by atoms with Crippen LogP contribution in [0.3, 0.4) is 0 Å². The van der Waals surface area contributed by atoms with E-state index in [1.54, 1.807) is 29.9 Å². The molecular formula is C22H32N6O4S. The number of amides is 1. The molecule has 180 valence electrons. The molecule has 1 aromatic heterocycles. The van der Waals surface area contributed by atoms with E-state index in [9.17, 15) is 13.2 Å². The van der Waals surface area contributed by atoms with Crippen LogP contribution in [-0.2, 0) is 17.1 Å². The number of fused-ring (bicyclic) bond motifs is 1. The normalized spacial score (nSPS) is 19.9. The second-order valence-electron chi connectivity index (χ2n) is 8.45. The predicted octanol–water partition coefficient (Wildman–Crippen LogP) is 1.41. The van der Waals surface area contributed by atoms with Crippen LogP contribution in [-0.4, -0.2) is 79.7 Å². The Kier molecular flexibility index (Phi) is 6.64. The SMILES string of the molecule is CCCN1c2cn(C)nc2C(=O)NC1c1cc(S(=O)(=O)N2CCN(C)CC2)ccc1OCC. The summed E-state index contributed by atoms with van der Waals surface area (Å²) in [5.74, 6) is 0.256. The highest BCUT2D eigenvalue weighted by Crippen LogP contribution is 2.37. The van der Waals surface area contributed by atoms with Crippen LogP contribution in [0.1, 0.15) is 42.5 Å². The van der Waals surface area contributed by atoms with Gasteiger partial charge in [-0.15, -0.1) is 0 Å². The molecule has 0 bridgehead atoms. The minimum Gasteiger partial charge on any atom is -0.493 e. The first-order valence-electron chi connectivity index (χ1n) is 11.3. The molecule has 1 unspecified atom stereocenters. The number of ether oxygens (including phenoxy) is 1. The van der Waals surface area contributed by atoms with Crippen LogP contribution in [0.5, 0.6) is 5.75 Å². The lowest BCUT2D eigenvalue weighted by molar-refractivity contribution is 0.0920. The number of hydrogen-bond donors (Lipinski definition) is 1. The molecule has 4 rings (SSSR count). The lowest BCUT2D eigenvalue weighted by atomic mass is 10.1. The molecule has 1 aromatic carbocycles. The van der Waals surface area contributed by atoms with Crippen LogP contribution in [0.4, 0.5) is 5.69 Å². The highest BCUT2D eigenvalue weighted by molar-refractivity contribution is 7.89. The Morgan fingerprint density at radius 1 is 1.15 bits per heavy atom. The van der Waals surface area contributed by atoms with E-state index in [4.69, 9.17) is 4.74 Å². The molecule has 0 radical (unpaired) electrons. The highest BCUT2D eigenvalue weighted by atomic mass is 32.2. The lowest BCUT2D eigenvalue weighted by Gasteiger charge is -2.38. The van der Waals surface area contributed by atoms with Crippen LogP contribution >= 0.6 is 0 Å². The molecule has 0 spiro atoms. The van der Waals surface area contributed by atoms with Crippen LogP contribution < -0.4 is 15.0 Å². The van der Waals surface area contributed by atoms with Gasteiger partial charge in [0, 0.05) is 51.5 Å². The highest BCUT2D eigenvalue weighted by Gasteiger charge is 2.37. The minimum atomic E-state index is -3.67. The van der Waals surface area contributed by atoms with E-state index in [1.807, 2.05) is 25.1 Å². The first-order valence-corrected chi connectivity index (χ1v) is 12.8. The first kappa shape index (κ1) is 23.5. The number of carbonyl (C=O) groups excluding carboxylic acids is 1. The summed E-state index contributed by atoms with van der Waals surface area (Å²) in [7, 11) is 0.0886. The molecule has 2 aliphatic rings. The van der Waals surface area contributed by atoms with E-state index in [-0.39, 0.29) is 10.8 Å². The van der Waals surface area contributed by atoms with Gasteiger partial charge in [0.25, 0.3) is 5.91 Å². The molecule has 2 aliphatic heterocycles. The molecular weight excluding hydrogens is 444 g/mol. The zero-order chi connectivity index (χ0) is 23.8.